The van der Waals surface area contributed by atoms with Crippen LogP contribution < -0.4 is 10.9 Å². The number of para-hydroxylation sites is 2. The predicted molar refractivity (Wildman–Crippen MR) is 77.8 cm³/mol. The van der Waals surface area contributed by atoms with Gasteiger partial charge in [-0.1, -0.05) is 23.9 Å². The zero-order valence-corrected chi connectivity index (χ0v) is 11.9. The Kier molecular flexibility index (Phi) is 5.15. The number of hydrogen-bond acceptors (Lipinski definition) is 6. The maximum atomic E-state index is 11.5. The van der Waals surface area contributed by atoms with E-state index in [4.69, 9.17) is 9.52 Å². The maximum Gasteiger partial charge on any atom is 0.328 e. The quantitative estimate of drug-likeness (QED) is 0.421. The van der Waals surface area contributed by atoms with E-state index >= 15 is 0 Å². The van der Waals surface area contributed by atoms with E-state index in [1.165, 1.54) is 0 Å². The molecule has 3 N–H and O–H groups in total. The molecular weight excluding hydrogens is 310 g/mol. The summed E-state index contributed by atoms with van der Waals surface area (Å²) in [5.41, 5.74) is 5.50. The van der Waals surface area contributed by atoms with E-state index < -0.39 is 17.8 Å². The van der Waals surface area contributed by atoms with Gasteiger partial charge in [-0.15, -0.1) is 0 Å². The largest absolute Gasteiger partial charge is 0.478 e. The second-order valence-corrected chi connectivity index (χ2v) is 4.87. The topological polar surface area (TPSA) is 122 Å². The number of benzene rings is 1. The van der Waals surface area contributed by atoms with Crippen molar-refractivity contribution < 1.29 is 23.9 Å². The van der Waals surface area contributed by atoms with Crippen molar-refractivity contribution in [2.45, 2.75) is 5.22 Å². The Morgan fingerprint density at radius 1 is 1.23 bits per heavy atom. The van der Waals surface area contributed by atoms with Crippen LogP contribution in [0.25, 0.3) is 11.1 Å². The van der Waals surface area contributed by atoms with Gasteiger partial charge in [0, 0.05) is 12.2 Å². The van der Waals surface area contributed by atoms with Crippen molar-refractivity contribution in [1.29, 1.82) is 0 Å². The zero-order valence-electron chi connectivity index (χ0n) is 11.1. The molecule has 0 unspecified atom stereocenters. The standard InChI is InChI=1S/C13H11N3O5S/c17-10(5-6-12(19)20)15-16-11(18)7-22-13-14-8-3-1-2-4-9(8)21-13/h1-6H,7H2,(H,15,17)(H,16,18)(H,19,20). The van der Waals surface area contributed by atoms with Crippen molar-refractivity contribution in [3.63, 3.8) is 0 Å². The molecule has 0 aliphatic heterocycles. The van der Waals surface area contributed by atoms with Gasteiger partial charge < -0.3 is 9.52 Å². The minimum absolute atomic E-state index is 0.0181. The van der Waals surface area contributed by atoms with Gasteiger partial charge >= 0.3 is 5.97 Å². The molecule has 1 heterocycles. The number of carbonyl (C=O) groups is 3. The average molecular weight is 321 g/mol. The number of aromatic nitrogens is 1. The molecule has 0 saturated heterocycles. The second kappa shape index (κ2) is 7.27. The van der Waals surface area contributed by atoms with E-state index in [2.05, 4.69) is 10.4 Å². The van der Waals surface area contributed by atoms with Gasteiger partial charge in [-0.2, -0.15) is 0 Å². The fourth-order valence-corrected chi connectivity index (χ4v) is 2.03. The van der Waals surface area contributed by atoms with Gasteiger partial charge in [-0.05, 0) is 12.1 Å². The van der Waals surface area contributed by atoms with E-state index in [9.17, 15) is 14.4 Å². The molecule has 9 heteroatoms. The first-order valence-electron chi connectivity index (χ1n) is 6.03. The molecule has 2 amide bonds. The van der Waals surface area contributed by atoms with Crippen LogP contribution in [0, 0.1) is 0 Å². The highest BCUT2D eigenvalue weighted by Crippen LogP contribution is 2.22. The third-order valence-corrected chi connectivity index (χ3v) is 3.13. The first-order chi connectivity index (χ1) is 10.5. The Balaban J connectivity index is 1.78. The molecule has 0 aliphatic rings. The number of amides is 2. The third-order valence-electron chi connectivity index (χ3n) is 2.30. The molecule has 22 heavy (non-hydrogen) atoms. The zero-order chi connectivity index (χ0) is 15.9. The lowest BCUT2D eigenvalue weighted by atomic mass is 10.3. The highest BCUT2D eigenvalue weighted by atomic mass is 32.2. The van der Waals surface area contributed by atoms with Crippen LogP contribution in [0.15, 0.2) is 46.1 Å². The van der Waals surface area contributed by atoms with Crippen molar-refractivity contribution in [3.8, 4) is 0 Å². The van der Waals surface area contributed by atoms with Crippen LogP contribution in [0.4, 0.5) is 0 Å². The molecule has 0 fully saturated rings. The Morgan fingerprint density at radius 3 is 2.73 bits per heavy atom. The summed E-state index contributed by atoms with van der Waals surface area (Å²) in [5, 5.41) is 8.68. The molecule has 1 aromatic carbocycles. The lowest BCUT2D eigenvalue weighted by Gasteiger charge is -2.03. The summed E-state index contributed by atoms with van der Waals surface area (Å²) < 4.78 is 5.42. The lowest BCUT2D eigenvalue weighted by molar-refractivity contribution is -0.131. The van der Waals surface area contributed by atoms with Crippen LogP contribution in [0.5, 0.6) is 0 Å². The summed E-state index contributed by atoms with van der Waals surface area (Å²) in [5.74, 6) is -2.50. The highest BCUT2D eigenvalue weighted by Gasteiger charge is 2.09. The summed E-state index contributed by atoms with van der Waals surface area (Å²) in [6, 6.07) is 7.19. The number of carboxylic acid groups (broad SMARTS) is 1. The smallest absolute Gasteiger partial charge is 0.328 e. The Hall–Kier alpha value is -2.81. The molecule has 0 radical (unpaired) electrons. The lowest BCUT2D eigenvalue weighted by Crippen LogP contribution is -2.41. The summed E-state index contributed by atoms with van der Waals surface area (Å²) in [7, 11) is 0. The van der Waals surface area contributed by atoms with Crippen LogP contribution in [0.2, 0.25) is 0 Å². The van der Waals surface area contributed by atoms with E-state index in [0.29, 0.717) is 22.4 Å². The molecule has 0 aliphatic carbocycles. The monoisotopic (exact) mass is 321 g/mol. The number of fused-ring (bicyclic) bond motifs is 1. The second-order valence-electron chi connectivity index (χ2n) is 3.95. The first-order valence-corrected chi connectivity index (χ1v) is 7.01. The number of aliphatic carboxylic acids is 1. The van der Waals surface area contributed by atoms with Gasteiger partial charge in [-0.25, -0.2) is 9.78 Å². The number of carboxylic acids is 1. The van der Waals surface area contributed by atoms with Gasteiger partial charge in [-0.3, -0.25) is 20.4 Å². The molecule has 114 valence electrons. The number of oxazole rings is 1. The van der Waals surface area contributed by atoms with Gasteiger partial charge in [0.2, 0.25) is 5.91 Å². The molecule has 0 bridgehead atoms. The highest BCUT2D eigenvalue weighted by molar-refractivity contribution is 7.99. The molecular formula is C13H11N3O5S. The number of hydrazine groups is 1. The molecule has 0 atom stereocenters. The minimum atomic E-state index is -1.26. The molecule has 8 nitrogen and oxygen atoms in total. The molecule has 2 aromatic rings. The maximum absolute atomic E-state index is 11.5. The van der Waals surface area contributed by atoms with Gasteiger partial charge in [0.1, 0.15) is 5.52 Å². The number of rotatable bonds is 5. The van der Waals surface area contributed by atoms with Gasteiger partial charge in [0.15, 0.2) is 5.58 Å². The van der Waals surface area contributed by atoms with Crippen LogP contribution in [-0.2, 0) is 14.4 Å². The Morgan fingerprint density at radius 2 is 2.00 bits per heavy atom. The SMILES string of the molecule is O=C(O)C=CC(=O)NNC(=O)CSc1nc2ccccc2o1. The van der Waals surface area contributed by atoms with Crippen molar-refractivity contribution in [1.82, 2.24) is 15.8 Å². The van der Waals surface area contributed by atoms with Gasteiger partial charge in [0.05, 0.1) is 5.75 Å². The van der Waals surface area contributed by atoms with Crippen molar-refractivity contribution in [3.05, 3.63) is 36.4 Å². The van der Waals surface area contributed by atoms with E-state index in [1.54, 1.807) is 12.1 Å². The number of thioether (sulfide) groups is 1. The summed E-state index contributed by atoms with van der Waals surface area (Å²) in [6.07, 6.45) is 1.45. The fraction of sp³-hybridized carbons (Fsp3) is 0.0769. The molecule has 1 aromatic heterocycles. The molecule has 2 rings (SSSR count). The van der Waals surface area contributed by atoms with E-state index in [0.717, 1.165) is 17.8 Å². The first kappa shape index (κ1) is 15.6. The number of hydrogen-bond donors (Lipinski definition) is 3. The average Bonchev–Trinajstić information content (AvgIpc) is 2.91. The molecule has 0 saturated carbocycles. The van der Waals surface area contributed by atoms with Crippen molar-refractivity contribution >= 4 is 40.6 Å². The van der Waals surface area contributed by atoms with Gasteiger partial charge in [0.25, 0.3) is 11.1 Å². The number of nitrogens with one attached hydrogen (secondary N) is 2. The van der Waals surface area contributed by atoms with E-state index in [-0.39, 0.29) is 5.75 Å². The summed E-state index contributed by atoms with van der Waals surface area (Å²) >= 11 is 1.07. The summed E-state index contributed by atoms with van der Waals surface area (Å²) in [6.45, 7) is 0. The molecule has 0 spiro atoms. The van der Waals surface area contributed by atoms with Crippen LogP contribution in [-0.4, -0.2) is 33.6 Å². The van der Waals surface area contributed by atoms with Crippen LogP contribution in [0.3, 0.4) is 0 Å². The van der Waals surface area contributed by atoms with Crippen molar-refractivity contribution in [2.24, 2.45) is 0 Å². The van der Waals surface area contributed by atoms with Crippen LogP contribution >= 0.6 is 11.8 Å². The minimum Gasteiger partial charge on any atom is -0.478 e. The third kappa shape index (κ3) is 4.63. The number of carbonyl (C=O) groups excluding carboxylic acids is 2. The number of nitrogens with zero attached hydrogens (tertiary/aromatic N) is 1. The van der Waals surface area contributed by atoms with E-state index in [1.807, 2.05) is 17.6 Å². The fourth-order valence-electron chi connectivity index (χ4n) is 1.40. The Bertz CT molecular complexity index is 707. The van der Waals surface area contributed by atoms with Crippen LogP contribution in [0.1, 0.15) is 0 Å². The summed E-state index contributed by atoms with van der Waals surface area (Å²) in [4.78, 5) is 37.0. The normalized spacial score (nSPS) is 10.7. The Labute approximate surface area is 128 Å². The predicted octanol–water partition coefficient (Wildman–Crippen LogP) is 0.708. The van der Waals surface area contributed by atoms with Crippen molar-refractivity contribution in [2.75, 3.05) is 5.75 Å².